The number of thiophene rings is 1. The second-order valence-electron chi connectivity index (χ2n) is 8.24. The number of ether oxygens (including phenoxy) is 1. The highest BCUT2D eigenvalue weighted by Crippen LogP contribution is 2.16. The first-order valence-electron chi connectivity index (χ1n) is 11.6. The molecule has 0 bridgehead atoms. The monoisotopic (exact) mass is 508 g/mol. The SMILES string of the molecule is CCc1ccc(-n2c(=O)/c(=C\c3sccc3C)s/c2=C(\C#N)C(=O)NCCN2CCOCC2)cc1. The number of nitrogens with one attached hydrogen (secondary N) is 1. The van der Waals surface area contributed by atoms with Gasteiger partial charge < -0.3 is 10.1 Å². The summed E-state index contributed by atoms with van der Waals surface area (Å²) in [6, 6.07) is 11.7. The van der Waals surface area contributed by atoms with Gasteiger partial charge in [-0.3, -0.25) is 19.1 Å². The van der Waals surface area contributed by atoms with E-state index in [1.807, 2.05) is 48.7 Å². The molecule has 3 heterocycles. The molecule has 0 unspecified atom stereocenters. The van der Waals surface area contributed by atoms with Crippen LogP contribution in [0.5, 0.6) is 0 Å². The van der Waals surface area contributed by atoms with Crippen molar-refractivity contribution >= 4 is 40.2 Å². The molecule has 3 aromatic rings. The van der Waals surface area contributed by atoms with Crippen LogP contribution in [0.1, 0.15) is 22.9 Å². The Labute approximate surface area is 212 Å². The molecular formula is C26H28N4O3S2. The van der Waals surface area contributed by atoms with Gasteiger partial charge in [0, 0.05) is 31.1 Å². The van der Waals surface area contributed by atoms with Crippen LogP contribution in [0, 0.1) is 18.3 Å². The molecule has 2 aromatic heterocycles. The van der Waals surface area contributed by atoms with E-state index < -0.39 is 5.91 Å². The van der Waals surface area contributed by atoms with E-state index in [4.69, 9.17) is 4.74 Å². The van der Waals surface area contributed by atoms with Crippen molar-refractivity contribution in [1.29, 1.82) is 5.26 Å². The quantitative estimate of drug-likeness (QED) is 0.526. The fourth-order valence-corrected chi connectivity index (χ4v) is 5.87. The summed E-state index contributed by atoms with van der Waals surface area (Å²) in [7, 11) is 0. The van der Waals surface area contributed by atoms with E-state index in [0.717, 1.165) is 35.5 Å². The molecule has 182 valence electrons. The average molecular weight is 509 g/mol. The van der Waals surface area contributed by atoms with Crippen molar-refractivity contribution in [1.82, 2.24) is 14.8 Å². The Morgan fingerprint density at radius 1 is 1.23 bits per heavy atom. The molecular weight excluding hydrogens is 480 g/mol. The van der Waals surface area contributed by atoms with E-state index in [9.17, 15) is 14.9 Å². The number of morpholine rings is 1. The highest BCUT2D eigenvalue weighted by molar-refractivity contribution is 7.11. The lowest BCUT2D eigenvalue weighted by atomic mass is 10.1. The maximum atomic E-state index is 13.5. The fourth-order valence-electron chi connectivity index (χ4n) is 3.85. The number of aryl methyl sites for hydroxylation is 2. The third-order valence-electron chi connectivity index (χ3n) is 5.96. The van der Waals surface area contributed by atoms with Crippen molar-refractivity contribution in [3.63, 3.8) is 0 Å². The molecule has 0 saturated carbocycles. The van der Waals surface area contributed by atoms with Crippen LogP contribution in [0.3, 0.4) is 0 Å². The van der Waals surface area contributed by atoms with Gasteiger partial charge >= 0.3 is 0 Å². The Morgan fingerprint density at radius 3 is 2.60 bits per heavy atom. The second-order valence-corrected chi connectivity index (χ2v) is 10.2. The molecule has 1 N–H and O–H groups in total. The number of amides is 1. The van der Waals surface area contributed by atoms with Crippen molar-refractivity contribution in [2.75, 3.05) is 39.4 Å². The third-order valence-corrected chi connectivity index (χ3v) is 8.02. The minimum Gasteiger partial charge on any atom is -0.379 e. The van der Waals surface area contributed by atoms with E-state index in [0.29, 0.717) is 41.2 Å². The number of nitriles is 1. The molecule has 1 saturated heterocycles. The van der Waals surface area contributed by atoms with Gasteiger partial charge in [0.15, 0.2) is 5.57 Å². The number of hydrogen-bond donors (Lipinski definition) is 1. The summed E-state index contributed by atoms with van der Waals surface area (Å²) in [6.45, 7) is 8.17. The van der Waals surface area contributed by atoms with Gasteiger partial charge in [0.2, 0.25) is 0 Å². The molecule has 0 atom stereocenters. The van der Waals surface area contributed by atoms with E-state index in [-0.39, 0.29) is 11.1 Å². The lowest BCUT2D eigenvalue weighted by molar-refractivity contribution is -0.115. The van der Waals surface area contributed by atoms with Crippen LogP contribution < -0.4 is 20.1 Å². The van der Waals surface area contributed by atoms with Crippen molar-refractivity contribution in [2.24, 2.45) is 0 Å². The van der Waals surface area contributed by atoms with E-state index in [1.165, 1.54) is 15.9 Å². The van der Waals surface area contributed by atoms with Crippen LogP contribution in [0.2, 0.25) is 0 Å². The molecule has 9 heteroatoms. The molecule has 1 aliphatic heterocycles. The first-order chi connectivity index (χ1) is 17.0. The van der Waals surface area contributed by atoms with Gasteiger partial charge in [-0.1, -0.05) is 19.1 Å². The zero-order valence-corrected chi connectivity index (χ0v) is 21.5. The van der Waals surface area contributed by atoms with E-state index in [1.54, 1.807) is 11.3 Å². The second kappa shape index (κ2) is 11.6. The van der Waals surface area contributed by atoms with Crippen molar-refractivity contribution in [3.8, 4) is 11.8 Å². The Kier molecular flexibility index (Phi) is 8.31. The maximum Gasteiger partial charge on any atom is 0.273 e. The number of benzene rings is 1. The van der Waals surface area contributed by atoms with Crippen molar-refractivity contribution in [2.45, 2.75) is 20.3 Å². The normalized spacial score (nSPS) is 15.6. The van der Waals surface area contributed by atoms with Gasteiger partial charge in [0.25, 0.3) is 11.5 Å². The van der Waals surface area contributed by atoms with Gasteiger partial charge in [0.1, 0.15) is 10.7 Å². The molecule has 1 aliphatic rings. The van der Waals surface area contributed by atoms with Gasteiger partial charge in [-0.05, 0) is 54.1 Å². The standard InChI is InChI=1S/C26H28N4O3S2/c1-3-19-4-6-20(7-5-19)30-25(32)23(16-22-18(2)8-15-34-22)35-26(30)21(17-27)24(31)28-9-10-29-11-13-33-14-12-29/h4-8,15-16H,3,9-14H2,1-2H3,(H,28,31)/b23-16+,26-21+. The first kappa shape index (κ1) is 25.1. The molecule has 7 nitrogen and oxygen atoms in total. The van der Waals surface area contributed by atoms with Crippen molar-refractivity contribution < 1.29 is 9.53 Å². The van der Waals surface area contributed by atoms with Gasteiger partial charge in [-0.15, -0.1) is 22.7 Å². The zero-order valence-electron chi connectivity index (χ0n) is 19.9. The molecule has 0 spiro atoms. The predicted molar refractivity (Wildman–Crippen MR) is 140 cm³/mol. The Hall–Kier alpha value is -3.03. The van der Waals surface area contributed by atoms with E-state index in [2.05, 4.69) is 23.2 Å². The number of carbonyl (C=O) groups excluding carboxylic acids is 1. The molecule has 1 aromatic carbocycles. The number of aromatic nitrogens is 1. The zero-order chi connectivity index (χ0) is 24.8. The topological polar surface area (TPSA) is 87.4 Å². The Morgan fingerprint density at radius 2 is 1.97 bits per heavy atom. The van der Waals surface area contributed by atoms with E-state index >= 15 is 0 Å². The Balaban J connectivity index is 1.76. The van der Waals surface area contributed by atoms with Crippen LogP contribution in [0.25, 0.3) is 17.3 Å². The highest BCUT2D eigenvalue weighted by Gasteiger charge is 2.18. The van der Waals surface area contributed by atoms with Crippen LogP contribution >= 0.6 is 22.7 Å². The third kappa shape index (κ3) is 5.80. The summed E-state index contributed by atoms with van der Waals surface area (Å²) in [5, 5.41) is 14.8. The number of rotatable bonds is 7. The maximum absolute atomic E-state index is 13.5. The number of nitrogens with zero attached hydrogens (tertiary/aromatic N) is 3. The van der Waals surface area contributed by atoms with Crippen LogP contribution in [-0.2, 0) is 16.0 Å². The predicted octanol–water partition coefficient (Wildman–Crippen LogP) is 1.78. The molecule has 1 amide bonds. The fraction of sp³-hybridized carbons (Fsp3) is 0.346. The molecule has 35 heavy (non-hydrogen) atoms. The lowest BCUT2D eigenvalue weighted by Crippen LogP contribution is -2.42. The molecule has 0 aliphatic carbocycles. The number of hydrogen-bond acceptors (Lipinski definition) is 7. The number of carbonyl (C=O) groups is 1. The molecule has 0 radical (unpaired) electrons. The minimum atomic E-state index is -0.472. The van der Waals surface area contributed by atoms with Crippen LogP contribution in [0.15, 0.2) is 40.5 Å². The Bertz CT molecular complexity index is 1400. The minimum absolute atomic E-state index is 0.0591. The van der Waals surface area contributed by atoms with Crippen LogP contribution in [-0.4, -0.2) is 54.8 Å². The van der Waals surface area contributed by atoms with Gasteiger partial charge in [-0.2, -0.15) is 5.26 Å². The average Bonchev–Trinajstić information content (AvgIpc) is 3.43. The van der Waals surface area contributed by atoms with Gasteiger partial charge in [-0.25, -0.2) is 0 Å². The highest BCUT2D eigenvalue weighted by atomic mass is 32.1. The summed E-state index contributed by atoms with van der Waals surface area (Å²) < 4.78 is 7.67. The largest absolute Gasteiger partial charge is 0.379 e. The molecule has 4 rings (SSSR count). The summed E-state index contributed by atoms with van der Waals surface area (Å²) in [5.74, 6) is -0.472. The van der Waals surface area contributed by atoms with Crippen LogP contribution in [0.4, 0.5) is 0 Å². The summed E-state index contributed by atoms with van der Waals surface area (Å²) in [5.41, 5.74) is 2.56. The molecule has 1 fully saturated rings. The summed E-state index contributed by atoms with van der Waals surface area (Å²) in [6.07, 6.45) is 2.72. The summed E-state index contributed by atoms with van der Waals surface area (Å²) >= 11 is 2.73. The first-order valence-corrected chi connectivity index (χ1v) is 13.3. The van der Waals surface area contributed by atoms with Gasteiger partial charge in [0.05, 0.1) is 23.4 Å². The summed E-state index contributed by atoms with van der Waals surface area (Å²) in [4.78, 5) is 29.8. The van der Waals surface area contributed by atoms with Crippen molar-refractivity contribution in [3.05, 3.63) is 71.3 Å². The lowest BCUT2D eigenvalue weighted by Gasteiger charge is -2.26. The smallest absolute Gasteiger partial charge is 0.273 e. The number of thiazole rings is 1.